The van der Waals surface area contributed by atoms with E-state index in [1.54, 1.807) is 36.3 Å². The van der Waals surface area contributed by atoms with Gasteiger partial charge >= 0.3 is 0 Å². The fourth-order valence-electron chi connectivity index (χ4n) is 2.24. The lowest BCUT2D eigenvalue weighted by atomic mass is 10.1. The second-order valence-corrected chi connectivity index (χ2v) is 5.11. The van der Waals surface area contributed by atoms with E-state index in [1.165, 1.54) is 0 Å². The van der Waals surface area contributed by atoms with E-state index in [0.29, 0.717) is 24.2 Å². The molecule has 0 aliphatic carbocycles. The minimum absolute atomic E-state index is 0.0839. The summed E-state index contributed by atoms with van der Waals surface area (Å²) in [6.07, 6.45) is 0. The van der Waals surface area contributed by atoms with E-state index in [9.17, 15) is 9.59 Å². The third-order valence-electron chi connectivity index (χ3n) is 3.62. The van der Waals surface area contributed by atoms with Crippen LogP contribution in [0.5, 0.6) is 5.75 Å². The number of benzene rings is 2. The zero-order valence-corrected chi connectivity index (χ0v) is 13.3. The van der Waals surface area contributed by atoms with Gasteiger partial charge in [0.2, 0.25) is 5.91 Å². The van der Waals surface area contributed by atoms with E-state index < -0.39 is 5.91 Å². The molecule has 0 saturated heterocycles. The van der Waals surface area contributed by atoms with Crippen LogP contribution in [0, 0.1) is 0 Å². The van der Waals surface area contributed by atoms with Crippen molar-refractivity contribution in [3.8, 4) is 5.75 Å². The first-order valence-corrected chi connectivity index (χ1v) is 7.37. The van der Waals surface area contributed by atoms with Crippen LogP contribution in [0.4, 0.5) is 0 Å². The van der Waals surface area contributed by atoms with E-state index >= 15 is 0 Å². The first kappa shape index (κ1) is 16.5. The van der Waals surface area contributed by atoms with Crippen molar-refractivity contribution < 1.29 is 14.3 Å². The molecule has 2 rings (SSSR count). The Morgan fingerprint density at radius 1 is 1.00 bits per heavy atom. The molecule has 2 N–H and O–H groups in total. The molecule has 2 aromatic carbocycles. The van der Waals surface area contributed by atoms with Crippen LogP contribution in [0.15, 0.2) is 48.5 Å². The SMILES string of the molecule is CCN(Cc1ccc(OC)cc1)C(=O)c1ccc(C(N)=O)cc1. The van der Waals surface area contributed by atoms with E-state index in [1.807, 2.05) is 31.2 Å². The smallest absolute Gasteiger partial charge is 0.254 e. The van der Waals surface area contributed by atoms with Crippen molar-refractivity contribution in [2.24, 2.45) is 5.73 Å². The van der Waals surface area contributed by atoms with Crippen LogP contribution in [-0.2, 0) is 6.54 Å². The van der Waals surface area contributed by atoms with Gasteiger partial charge in [0.1, 0.15) is 5.75 Å². The summed E-state index contributed by atoms with van der Waals surface area (Å²) in [6, 6.07) is 14.0. The first-order valence-electron chi connectivity index (χ1n) is 7.37. The molecule has 0 bridgehead atoms. The zero-order chi connectivity index (χ0) is 16.8. The number of methoxy groups -OCH3 is 1. The summed E-state index contributed by atoms with van der Waals surface area (Å²) >= 11 is 0. The lowest BCUT2D eigenvalue weighted by molar-refractivity contribution is 0.0752. The van der Waals surface area contributed by atoms with Crippen LogP contribution < -0.4 is 10.5 Å². The largest absolute Gasteiger partial charge is 0.497 e. The van der Waals surface area contributed by atoms with Crippen molar-refractivity contribution in [3.63, 3.8) is 0 Å². The average Bonchev–Trinajstić information content (AvgIpc) is 2.59. The standard InChI is InChI=1S/C18H20N2O3/c1-3-20(12-13-4-10-16(23-2)11-5-13)18(22)15-8-6-14(7-9-15)17(19)21/h4-11H,3,12H2,1-2H3,(H2,19,21). The Bertz CT molecular complexity index is 678. The molecule has 0 heterocycles. The number of rotatable bonds is 6. The molecular weight excluding hydrogens is 292 g/mol. The normalized spacial score (nSPS) is 10.2. The minimum atomic E-state index is -0.505. The molecule has 0 fully saturated rings. The molecule has 0 radical (unpaired) electrons. The summed E-state index contributed by atoms with van der Waals surface area (Å²) in [5, 5.41) is 0. The molecule has 0 aliphatic rings. The molecule has 0 spiro atoms. The molecule has 2 aromatic rings. The van der Waals surface area contributed by atoms with Crippen LogP contribution in [0.2, 0.25) is 0 Å². The summed E-state index contributed by atoms with van der Waals surface area (Å²) in [6.45, 7) is 3.03. The van der Waals surface area contributed by atoms with Gasteiger partial charge in [-0.15, -0.1) is 0 Å². The second kappa shape index (κ2) is 7.45. The third kappa shape index (κ3) is 4.10. The molecule has 120 valence electrons. The van der Waals surface area contributed by atoms with E-state index in [2.05, 4.69) is 0 Å². The molecular formula is C18H20N2O3. The van der Waals surface area contributed by atoms with Crippen molar-refractivity contribution >= 4 is 11.8 Å². The molecule has 0 aromatic heterocycles. The lowest BCUT2D eigenvalue weighted by Crippen LogP contribution is -2.30. The number of hydrogen-bond acceptors (Lipinski definition) is 3. The molecule has 5 nitrogen and oxygen atoms in total. The molecule has 0 atom stereocenters. The van der Waals surface area contributed by atoms with Crippen LogP contribution in [0.3, 0.4) is 0 Å². The molecule has 0 aliphatic heterocycles. The summed E-state index contributed by atoms with van der Waals surface area (Å²) in [4.78, 5) is 25.4. The van der Waals surface area contributed by atoms with Crippen molar-refractivity contribution in [1.29, 1.82) is 0 Å². The molecule has 0 saturated carbocycles. The summed E-state index contributed by atoms with van der Waals surface area (Å²) in [7, 11) is 1.62. The van der Waals surface area contributed by atoms with E-state index in [-0.39, 0.29) is 5.91 Å². The van der Waals surface area contributed by atoms with Crippen molar-refractivity contribution in [1.82, 2.24) is 4.90 Å². The van der Waals surface area contributed by atoms with Gasteiger partial charge in [0, 0.05) is 24.2 Å². The number of amides is 2. The molecule has 5 heteroatoms. The summed E-state index contributed by atoms with van der Waals surface area (Å²) in [5.74, 6) is 0.194. The molecule has 23 heavy (non-hydrogen) atoms. The van der Waals surface area contributed by atoms with Crippen molar-refractivity contribution in [2.45, 2.75) is 13.5 Å². The Morgan fingerprint density at radius 2 is 1.57 bits per heavy atom. The number of nitrogens with two attached hydrogens (primary N) is 1. The Hall–Kier alpha value is -2.82. The van der Waals surface area contributed by atoms with E-state index in [0.717, 1.165) is 11.3 Å². The number of carbonyl (C=O) groups excluding carboxylic acids is 2. The van der Waals surface area contributed by atoms with Gasteiger partial charge in [-0.3, -0.25) is 9.59 Å². The van der Waals surface area contributed by atoms with Crippen molar-refractivity contribution in [3.05, 3.63) is 65.2 Å². The topological polar surface area (TPSA) is 72.6 Å². The number of hydrogen-bond donors (Lipinski definition) is 1. The highest BCUT2D eigenvalue weighted by Gasteiger charge is 2.15. The van der Waals surface area contributed by atoms with Gasteiger partial charge in [-0.2, -0.15) is 0 Å². The highest BCUT2D eigenvalue weighted by atomic mass is 16.5. The van der Waals surface area contributed by atoms with Gasteiger partial charge in [-0.05, 0) is 48.9 Å². The van der Waals surface area contributed by atoms with Gasteiger partial charge in [0.15, 0.2) is 0 Å². The minimum Gasteiger partial charge on any atom is -0.497 e. The zero-order valence-electron chi connectivity index (χ0n) is 13.3. The van der Waals surface area contributed by atoms with Gasteiger partial charge in [-0.1, -0.05) is 12.1 Å². The van der Waals surface area contributed by atoms with Gasteiger partial charge in [0.25, 0.3) is 5.91 Å². The Labute approximate surface area is 135 Å². The Balaban J connectivity index is 2.12. The predicted molar refractivity (Wildman–Crippen MR) is 88.4 cm³/mol. The quantitative estimate of drug-likeness (QED) is 0.890. The Morgan fingerprint density at radius 3 is 2.04 bits per heavy atom. The van der Waals surface area contributed by atoms with Crippen LogP contribution in [-0.4, -0.2) is 30.4 Å². The van der Waals surface area contributed by atoms with Crippen molar-refractivity contribution in [2.75, 3.05) is 13.7 Å². The monoisotopic (exact) mass is 312 g/mol. The van der Waals surface area contributed by atoms with Gasteiger partial charge < -0.3 is 15.4 Å². The molecule has 2 amide bonds. The van der Waals surface area contributed by atoms with Gasteiger partial charge in [0.05, 0.1) is 7.11 Å². The summed E-state index contributed by atoms with van der Waals surface area (Å²) < 4.78 is 5.13. The lowest BCUT2D eigenvalue weighted by Gasteiger charge is -2.21. The fraction of sp³-hybridized carbons (Fsp3) is 0.222. The Kier molecular flexibility index (Phi) is 5.36. The first-order chi connectivity index (χ1) is 11.0. The number of primary amides is 1. The predicted octanol–water partition coefficient (Wildman–Crippen LogP) is 2.46. The maximum atomic E-state index is 12.6. The highest BCUT2D eigenvalue weighted by molar-refractivity contribution is 5.97. The van der Waals surface area contributed by atoms with Crippen LogP contribution >= 0.6 is 0 Å². The van der Waals surface area contributed by atoms with Crippen LogP contribution in [0.25, 0.3) is 0 Å². The maximum absolute atomic E-state index is 12.6. The van der Waals surface area contributed by atoms with E-state index in [4.69, 9.17) is 10.5 Å². The maximum Gasteiger partial charge on any atom is 0.254 e. The van der Waals surface area contributed by atoms with Gasteiger partial charge in [-0.25, -0.2) is 0 Å². The highest BCUT2D eigenvalue weighted by Crippen LogP contribution is 2.15. The summed E-state index contributed by atoms with van der Waals surface area (Å²) in [5.41, 5.74) is 7.15. The number of carbonyl (C=O) groups is 2. The van der Waals surface area contributed by atoms with Crippen LogP contribution in [0.1, 0.15) is 33.2 Å². The number of ether oxygens (including phenoxy) is 1. The third-order valence-corrected chi connectivity index (χ3v) is 3.62. The number of nitrogens with zero attached hydrogens (tertiary/aromatic N) is 1. The molecule has 0 unspecified atom stereocenters. The second-order valence-electron chi connectivity index (χ2n) is 5.11. The fourth-order valence-corrected chi connectivity index (χ4v) is 2.24. The average molecular weight is 312 g/mol.